The van der Waals surface area contributed by atoms with E-state index in [0.717, 1.165) is 12.7 Å². The molecule has 2 rings (SSSR count). The van der Waals surface area contributed by atoms with Gasteiger partial charge in [0.25, 0.3) is 5.91 Å². The van der Waals surface area contributed by atoms with Crippen LogP contribution in [0.25, 0.3) is 0 Å². The van der Waals surface area contributed by atoms with E-state index < -0.39 is 30.0 Å². The highest BCUT2D eigenvalue weighted by molar-refractivity contribution is 5.95. The molecule has 0 saturated carbocycles. The van der Waals surface area contributed by atoms with Crippen LogP contribution in [0.4, 0.5) is 4.79 Å². The molecule has 26 heavy (non-hydrogen) atoms. The molecule has 1 N–H and O–H groups in total. The average Bonchev–Trinajstić information content (AvgIpc) is 3.03. The van der Waals surface area contributed by atoms with E-state index in [0.29, 0.717) is 0 Å². The van der Waals surface area contributed by atoms with Gasteiger partial charge >= 0.3 is 12.1 Å². The number of rotatable bonds is 5. The summed E-state index contributed by atoms with van der Waals surface area (Å²) in [5.74, 6) is -2.23. The minimum Gasteiger partial charge on any atom is -0.453 e. The molecule has 1 aromatic rings. The molecule has 0 aromatic heterocycles. The van der Waals surface area contributed by atoms with Crippen molar-refractivity contribution < 1.29 is 28.7 Å². The second-order valence-corrected chi connectivity index (χ2v) is 6.09. The van der Waals surface area contributed by atoms with Gasteiger partial charge in [-0.3, -0.25) is 19.7 Å². The molecule has 3 atom stereocenters. The lowest BCUT2D eigenvalue weighted by Crippen LogP contribution is -2.40. The first-order valence-electron chi connectivity index (χ1n) is 8.27. The number of nitrogens with one attached hydrogen (secondary N) is 1. The van der Waals surface area contributed by atoms with Crippen LogP contribution in [0.5, 0.6) is 0 Å². The Morgan fingerprint density at radius 2 is 1.85 bits per heavy atom. The number of benzene rings is 1. The highest BCUT2D eigenvalue weighted by Gasteiger charge is 2.38. The van der Waals surface area contributed by atoms with Crippen LogP contribution in [0, 0.1) is 5.92 Å². The quantitative estimate of drug-likeness (QED) is 0.795. The Labute approximate surface area is 151 Å². The summed E-state index contributed by atoms with van der Waals surface area (Å²) in [5.41, 5.74) is 0.973. The summed E-state index contributed by atoms with van der Waals surface area (Å²) in [6.45, 7) is 3.46. The van der Waals surface area contributed by atoms with Gasteiger partial charge in [-0.2, -0.15) is 0 Å². The number of nitrogens with zero attached hydrogens (tertiary/aromatic N) is 1. The van der Waals surface area contributed by atoms with E-state index in [-0.39, 0.29) is 24.9 Å². The summed E-state index contributed by atoms with van der Waals surface area (Å²) < 4.78 is 9.40. The van der Waals surface area contributed by atoms with Gasteiger partial charge < -0.3 is 14.4 Å². The van der Waals surface area contributed by atoms with Crippen LogP contribution >= 0.6 is 0 Å². The van der Waals surface area contributed by atoms with Gasteiger partial charge in [0.05, 0.1) is 19.1 Å². The molecule has 0 radical (unpaired) electrons. The molecule has 8 heteroatoms. The SMILES string of the molecule is COC(=O)NC(=O)[C@H](C)OC(=O)[C@H]1CC(=O)N([C@@H](C)c2ccccc2)C1. The first-order valence-corrected chi connectivity index (χ1v) is 8.27. The van der Waals surface area contributed by atoms with Gasteiger partial charge in [-0.15, -0.1) is 0 Å². The van der Waals surface area contributed by atoms with Crippen molar-refractivity contribution in [1.29, 1.82) is 0 Å². The number of carbonyl (C=O) groups is 4. The number of carbonyl (C=O) groups excluding carboxylic acids is 4. The third-order valence-corrected chi connectivity index (χ3v) is 4.31. The Kier molecular flexibility index (Phi) is 6.32. The number of imide groups is 1. The van der Waals surface area contributed by atoms with Crippen LogP contribution in [0.1, 0.15) is 31.9 Å². The number of alkyl carbamates (subject to hydrolysis) is 1. The topological polar surface area (TPSA) is 102 Å². The third kappa shape index (κ3) is 4.59. The monoisotopic (exact) mass is 362 g/mol. The summed E-state index contributed by atoms with van der Waals surface area (Å²) in [5, 5.41) is 1.93. The molecular formula is C18H22N2O6. The fraction of sp³-hybridized carbons (Fsp3) is 0.444. The number of methoxy groups -OCH3 is 1. The summed E-state index contributed by atoms with van der Waals surface area (Å²) >= 11 is 0. The normalized spacial score (nSPS) is 18.8. The molecule has 8 nitrogen and oxygen atoms in total. The van der Waals surface area contributed by atoms with Crippen molar-refractivity contribution in [3.63, 3.8) is 0 Å². The van der Waals surface area contributed by atoms with Crippen LogP contribution in [-0.2, 0) is 23.9 Å². The number of esters is 1. The third-order valence-electron chi connectivity index (χ3n) is 4.31. The highest BCUT2D eigenvalue weighted by atomic mass is 16.6. The molecule has 1 saturated heterocycles. The zero-order valence-electron chi connectivity index (χ0n) is 14.9. The van der Waals surface area contributed by atoms with Crippen molar-refractivity contribution in [2.24, 2.45) is 5.92 Å². The van der Waals surface area contributed by atoms with Crippen molar-refractivity contribution in [3.8, 4) is 0 Å². The molecule has 1 aromatic carbocycles. The minimum absolute atomic E-state index is 0.0291. The maximum Gasteiger partial charge on any atom is 0.413 e. The molecule has 1 aliphatic heterocycles. The first-order chi connectivity index (χ1) is 12.3. The Morgan fingerprint density at radius 1 is 1.19 bits per heavy atom. The van der Waals surface area contributed by atoms with Gasteiger partial charge in [-0.05, 0) is 19.4 Å². The van der Waals surface area contributed by atoms with Crippen LogP contribution in [0.2, 0.25) is 0 Å². The zero-order valence-corrected chi connectivity index (χ0v) is 14.9. The van der Waals surface area contributed by atoms with Gasteiger partial charge in [0.15, 0.2) is 6.10 Å². The number of hydrogen-bond donors (Lipinski definition) is 1. The maximum atomic E-state index is 12.3. The molecule has 140 valence electrons. The van der Waals surface area contributed by atoms with Gasteiger partial charge in [0.1, 0.15) is 0 Å². The standard InChI is InChI=1S/C18H22N2O6/c1-11(13-7-5-4-6-8-13)20-10-14(9-15(20)21)17(23)26-12(2)16(22)19-18(24)25-3/h4-8,11-12,14H,9-10H2,1-3H3,(H,19,22,24)/t11-,12-,14-/m0/s1. The number of likely N-dealkylation sites (tertiary alicyclic amines) is 1. The molecule has 1 aliphatic rings. The second kappa shape index (κ2) is 8.46. The molecular weight excluding hydrogens is 340 g/mol. The lowest BCUT2D eigenvalue weighted by Gasteiger charge is -2.25. The van der Waals surface area contributed by atoms with Crippen molar-refractivity contribution in [2.75, 3.05) is 13.7 Å². The first kappa shape index (κ1) is 19.4. The van der Waals surface area contributed by atoms with Crippen LogP contribution < -0.4 is 5.32 Å². The van der Waals surface area contributed by atoms with Crippen molar-refractivity contribution >= 4 is 23.9 Å². The summed E-state index contributed by atoms with van der Waals surface area (Å²) in [6.07, 6.45) is -2.07. The van der Waals surface area contributed by atoms with Crippen molar-refractivity contribution in [1.82, 2.24) is 10.2 Å². The summed E-state index contributed by atoms with van der Waals surface area (Å²) in [4.78, 5) is 48.9. The zero-order chi connectivity index (χ0) is 19.3. The maximum absolute atomic E-state index is 12.3. The fourth-order valence-corrected chi connectivity index (χ4v) is 2.75. The van der Waals surface area contributed by atoms with E-state index in [1.54, 1.807) is 4.90 Å². The summed E-state index contributed by atoms with van der Waals surface area (Å²) in [7, 11) is 1.12. The van der Waals surface area contributed by atoms with E-state index in [4.69, 9.17) is 4.74 Å². The van der Waals surface area contributed by atoms with Crippen molar-refractivity contribution in [2.45, 2.75) is 32.4 Å². The van der Waals surface area contributed by atoms with Gasteiger partial charge in [-0.25, -0.2) is 4.79 Å². The largest absolute Gasteiger partial charge is 0.453 e. The molecule has 1 fully saturated rings. The Balaban J connectivity index is 1.94. The molecule has 1 heterocycles. The summed E-state index contributed by atoms with van der Waals surface area (Å²) in [6, 6.07) is 9.34. The van der Waals surface area contributed by atoms with E-state index in [1.165, 1.54) is 6.92 Å². The number of amides is 3. The Hall–Kier alpha value is -2.90. The average molecular weight is 362 g/mol. The predicted octanol–water partition coefficient (Wildman–Crippen LogP) is 1.41. The lowest BCUT2D eigenvalue weighted by atomic mass is 10.1. The minimum atomic E-state index is -1.17. The van der Waals surface area contributed by atoms with E-state index in [9.17, 15) is 19.2 Å². The van der Waals surface area contributed by atoms with Gasteiger partial charge in [0, 0.05) is 13.0 Å². The van der Waals surface area contributed by atoms with Gasteiger partial charge in [0.2, 0.25) is 5.91 Å². The van der Waals surface area contributed by atoms with Gasteiger partial charge in [-0.1, -0.05) is 30.3 Å². The molecule has 0 aliphatic carbocycles. The van der Waals surface area contributed by atoms with Crippen LogP contribution in [0.15, 0.2) is 30.3 Å². The van der Waals surface area contributed by atoms with Crippen LogP contribution in [-0.4, -0.2) is 48.5 Å². The van der Waals surface area contributed by atoms with Crippen molar-refractivity contribution in [3.05, 3.63) is 35.9 Å². The number of ether oxygens (including phenoxy) is 2. The fourth-order valence-electron chi connectivity index (χ4n) is 2.75. The molecule has 0 bridgehead atoms. The second-order valence-electron chi connectivity index (χ2n) is 6.09. The molecule has 0 unspecified atom stereocenters. The predicted molar refractivity (Wildman–Crippen MR) is 90.8 cm³/mol. The number of hydrogen-bond acceptors (Lipinski definition) is 6. The van der Waals surface area contributed by atoms with E-state index >= 15 is 0 Å². The highest BCUT2D eigenvalue weighted by Crippen LogP contribution is 2.29. The van der Waals surface area contributed by atoms with E-state index in [2.05, 4.69) is 4.74 Å². The van der Waals surface area contributed by atoms with E-state index in [1.807, 2.05) is 42.6 Å². The smallest absolute Gasteiger partial charge is 0.413 e. The lowest BCUT2D eigenvalue weighted by molar-refractivity contribution is -0.158. The molecule has 0 spiro atoms. The Morgan fingerprint density at radius 3 is 2.46 bits per heavy atom. The molecule has 3 amide bonds. The van der Waals surface area contributed by atoms with Crippen LogP contribution in [0.3, 0.4) is 0 Å². The Bertz CT molecular complexity index is 690.